The van der Waals surface area contributed by atoms with E-state index in [1.807, 2.05) is 0 Å². The van der Waals surface area contributed by atoms with Crippen molar-refractivity contribution in [2.75, 3.05) is 4.90 Å². The van der Waals surface area contributed by atoms with Crippen LogP contribution >= 0.6 is 11.6 Å². The molecule has 4 atom stereocenters. The molecule has 1 aromatic carbocycles. The first-order chi connectivity index (χ1) is 10.8. The number of amides is 2. The number of ether oxygens (including phenoxy) is 1. The standard InChI is InChI=1S/C15H11ClN2O5/c1-15-5-4-10(23-15)11-12(15)14(20)17(13(11)19)8-3-2-7(16)6-9(8)18(21)22/h2-6,10-12H,1H3/t10-,11-,12+,15+/m1/s1. The van der Waals surface area contributed by atoms with Gasteiger partial charge in [-0.05, 0) is 19.1 Å². The van der Waals surface area contributed by atoms with Crippen molar-refractivity contribution in [3.63, 3.8) is 0 Å². The summed E-state index contributed by atoms with van der Waals surface area (Å²) < 4.78 is 5.71. The molecule has 3 aliphatic heterocycles. The largest absolute Gasteiger partial charge is 0.362 e. The quantitative estimate of drug-likeness (QED) is 0.357. The molecule has 2 bridgehead atoms. The number of nitro benzene ring substituents is 1. The molecule has 2 saturated heterocycles. The molecule has 0 unspecified atom stereocenters. The number of halogens is 1. The average Bonchev–Trinajstić information content (AvgIpc) is 3.09. The van der Waals surface area contributed by atoms with Gasteiger partial charge in [-0.25, -0.2) is 4.90 Å². The Morgan fingerprint density at radius 1 is 1.35 bits per heavy atom. The van der Waals surface area contributed by atoms with Crippen molar-refractivity contribution in [2.45, 2.75) is 18.6 Å². The number of rotatable bonds is 2. The van der Waals surface area contributed by atoms with Gasteiger partial charge in [0.25, 0.3) is 5.69 Å². The third-order valence-electron chi connectivity index (χ3n) is 4.70. The minimum absolute atomic E-state index is 0.0493. The van der Waals surface area contributed by atoms with Crippen molar-refractivity contribution in [2.24, 2.45) is 11.8 Å². The van der Waals surface area contributed by atoms with E-state index in [2.05, 4.69) is 0 Å². The van der Waals surface area contributed by atoms with E-state index in [0.717, 1.165) is 11.0 Å². The number of benzene rings is 1. The number of imide groups is 1. The Morgan fingerprint density at radius 2 is 2.09 bits per heavy atom. The molecule has 3 heterocycles. The normalized spacial score (nSPS) is 34.3. The second-order valence-electron chi connectivity index (χ2n) is 6.03. The Balaban J connectivity index is 1.83. The van der Waals surface area contributed by atoms with Gasteiger partial charge >= 0.3 is 0 Å². The average molecular weight is 335 g/mol. The van der Waals surface area contributed by atoms with Gasteiger partial charge in [0.05, 0.1) is 28.5 Å². The van der Waals surface area contributed by atoms with E-state index in [0.29, 0.717) is 0 Å². The monoisotopic (exact) mass is 334 g/mol. The van der Waals surface area contributed by atoms with Gasteiger partial charge in [0.1, 0.15) is 5.69 Å². The maximum atomic E-state index is 12.8. The molecule has 8 heteroatoms. The Labute approximate surface area is 135 Å². The number of anilines is 1. The van der Waals surface area contributed by atoms with E-state index < -0.39 is 40.3 Å². The first-order valence-electron chi connectivity index (χ1n) is 7.02. The molecule has 3 aliphatic rings. The summed E-state index contributed by atoms with van der Waals surface area (Å²) >= 11 is 5.79. The van der Waals surface area contributed by atoms with Crippen LogP contribution in [0.3, 0.4) is 0 Å². The molecule has 0 spiro atoms. The van der Waals surface area contributed by atoms with Gasteiger partial charge in [0.2, 0.25) is 11.8 Å². The zero-order valence-corrected chi connectivity index (χ0v) is 12.7. The number of fused-ring (bicyclic) bond motifs is 5. The Hall–Kier alpha value is -2.25. The van der Waals surface area contributed by atoms with Crippen molar-refractivity contribution in [3.8, 4) is 0 Å². The summed E-state index contributed by atoms with van der Waals surface area (Å²) in [6, 6.07) is 3.88. The van der Waals surface area contributed by atoms with E-state index >= 15 is 0 Å². The Kier molecular flexibility index (Phi) is 2.74. The van der Waals surface area contributed by atoms with Crippen molar-refractivity contribution < 1.29 is 19.2 Å². The van der Waals surface area contributed by atoms with Crippen molar-refractivity contribution >= 4 is 34.8 Å². The van der Waals surface area contributed by atoms with Gasteiger partial charge in [-0.3, -0.25) is 19.7 Å². The summed E-state index contributed by atoms with van der Waals surface area (Å²) in [5.74, 6) is -2.23. The minimum Gasteiger partial charge on any atom is -0.362 e. The van der Waals surface area contributed by atoms with E-state index in [1.165, 1.54) is 12.1 Å². The third kappa shape index (κ3) is 1.74. The summed E-state index contributed by atoms with van der Waals surface area (Å²) in [7, 11) is 0. The molecule has 2 fully saturated rings. The molecular weight excluding hydrogens is 324 g/mol. The van der Waals surface area contributed by atoms with Gasteiger partial charge in [-0.1, -0.05) is 23.8 Å². The fourth-order valence-corrected chi connectivity index (χ4v) is 3.89. The third-order valence-corrected chi connectivity index (χ3v) is 4.94. The zero-order chi connectivity index (χ0) is 16.5. The van der Waals surface area contributed by atoms with Crippen LogP contribution in [0.15, 0.2) is 30.4 Å². The number of hydrogen-bond donors (Lipinski definition) is 0. The predicted molar refractivity (Wildman–Crippen MR) is 80.0 cm³/mol. The van der Waals surface area contributed by atoms with Gasteiger partial charge in [-0.2, -0.15) is 0 Å². The first kappa shape index (κ1) is 14.3. The summed E-state index contributed by atoms with van der Waals surface area (Å²) in [6.07, 6.45) is 3.09. The molecule has 23 heavy (non-hydrogen) atoms. The van der Waals surface area contributed by atoms with E-state index in [1.54, 1.807) is 19.1 Å². The van der Waals surface area contributed by atoms with Crippen LogP contribution in [0, 0.1) is 22.0 Å². The number of carbonyl (C=O) groups is 2. The highest BCUT2D eigenvalue weighted by Crippen LogP contribution is 2.53. The second kappa shape index (κ2) is 4.39. The van der Waals surface area contributed by atoms with Crippen LogP contribution < -0.4 is 4.90 Å². The smallest absolute Gasteiger partial charge is 0.294 e. The molecule has 0 saturated carbocycles. The lowest BCUT2D eigenvalue weighted by molar-refractivity contribution is -0.384. The van der Waals surface area contributed by atoms with E-state index in [-0.39, 0.29) is 16.4 Å². The molecular formula is C15H11ClN2O5. The predicted octanol–water partition coefficient (Wildman–Crippen LogP) is 2.08. The summed E-state index contributed by atoms with van der Waals surface area (Å²) in [6.45, 7) is 1.75. The van der Waals surface area contributed by atoms with E-state index in [9.17, 15) is 19.7 Å². The highest BCUT2D eigenvalue weighted by Gasteiger charge is 2.66. The molecule has 0 aliphatic carbocycles. The van der Waals surface area contributed by atoms with Crippen LogP contribution in [0.5, 0.6) is 0 Å². The molecule has 7 nitrogen and oxygen atoms in total. The van der Waals surface area contributed by atoms with Crippen LogP contribution in [0.25, 0.3) is 0 Å². The Bertz CT molecular complexity index is 807. The minimum atomic E-state index is -0.835. The van der Waals surface area contributed by atoms with Gasteiger partial charge in [0.15, 0.2) is 0 Å². The molecule has 0 N–H and O–H groups in total. The lowest BCUT2D eigenvalue weighted by Crippen LogP contribution is -2.38. The maximum Gasteiger partial charge on any atom is 0.294 e. The number of nitro groups is 1. The van der Waals surface area contributed by atoms with Gasteiger partial charge in [-0.15, -0.1) is 0 Å². The first-order valence-corrected chi connectivity index (χ1v) is 7.40. The van der Waals surface area contributed by atoms with Crippen LogP contribution in [-0.2, 0) is 14.3 Å². The van der Waals surface area contributed by atoms with Gasteiger partial charge in [0, 0.05) is 11.1 Å². The molecule has 2 amide bonds. The number of carbonyl (C=O) groups excluding carboxylic acids is 2. The molecule has 0 radical (unpaired) electrons. The lowest BCUT2D eigenvalue weighted by Gasteiger charge is -2.24. The summed E-state index contributed by atoms with van der Waals surface area (Å²) in [5.41, 5.74) is -1.25. The molecule has 1 aromatic rings. The fourth-order valence-electron chi connectivity index (χ4n) is 3.72. The van der Waals surface area contributed by atoms with Crippen LogP contribution in [0.2, 0.25) is 5.02 Å². The van der Waals surface area contributed by atoms with Crippen molar-refractivity contribution in [1.82, 2.24) is 0 Å². The van der Waals surface area contributed by atoms with Gasteiger partial charge < -0.3 is 4.74 Å². The number of hydrogen-bond acceptors (Lipinski definition) is 5. The lowest BCUT2D eigenvalue weighted by atomic mass is 9.78. The van der Waals surface area contributed by atoms with Crippen LogP contribution in [0.1, 0.15) is 6.92 Å². The van der Waals surface area contributed by atoms with Crippen LogP contribution in [0.4, 0.5) is 11.4 Å². The van der Waals surface area contributed by atoms with Crippen LogP contribution in [-0.4, -0.2) is 28.4 Å². The fraction of sp³-hybridized carbons (Fsp3) is 0.333. The molecule has 4 rings (SSSR count). The topological polar surface area (TPSA) is 89.8 Å². The zero-order valence-electron chi connectivity index (χ0n) is 11.9. The van der Waals surface area contributed by atoms with E-state index in [4.69, 9.17) is 16.3 Å². The molecule has 0 aromatic heterocycles. The summed E-state index contributed by atoms with van der Waals surface area (Å²) in [5, 5.41) is 11.4. The summed E-state index contributed by atoms with van der Waals surface area (Å²) in [4.78, 5) is 37.0. The maximum absolute atomic E-state index is 12.8. The highest BCUT2D eigenvalue weighted by atomic mass is 35.5. The van der Waals surface area contributed by atoms with Crippen molar-refractivity contribution in [1.29, 1.82) is 0 Å². The number of nitrogens with zero attached hydrogens (tertiary/aromatic N) is 2. The highest BCUT2D eigenvalue weighted by molar-refractivity contribution is 6.31. The van der Waals surface area contributed by atoms with Crippen molar-refractivity contribution in [3.05, 3.63) is 45.5 Å². The molecule has 118 valence electrons. The Morgan fingerprint density at radius 3 is 2.74 bits per heavy atom. The second-order valence-corrected chi connectivity index (χ2v) is 6.47. The SMILES string of the molecule is C[C@@]12C=C[C@@H](O1)[C@H]1C(=O)N(c3ccc(Cl)cc3[N+](=O)[O-])C(=O)[C@H]12.